The molecule has 0 aliphatic carbocycles. The number of thioether (sulfide) groups is 1. The predicted octanol–water partition coefficient (Wildman–Crippen LogP) is 4.43. The Bertz CT molecular complexity index is 634. The molecule has 3 rings (SSSR count). The van der Waals surface area contributed by atoms with E-state index in [2.05, 4.69) is 0 Å². The van der Waals surface area contributed by atoms with Crippen LogP contribution in [0.5, 0.6) is 5.75 Å². The molecule has 1 aliphatic rings. The lowest BCUT2D eigenvalue weighted by Gasteiger charge is -2.10. The summed E-state index contributed by atoms with van der Waals surface area (Å²) in [5.41, 5.74) is 2.77. The van der Waals surface area contributed by atoms with Gasteiger partial charge in [0.25, 0.3) is 0 Å². The molecule has 0 saturated heterocycles. The second-order valence-electron chi connectivity index (χ2n) is 4.05. The molecule has 0 amide bonds. The minimum absolute atomic E-state index is 0.0769. The molecule has 0 N–H and O–H groups in total. The summed E-state index contributed by atoms with van der Waals surface area (Å²) in [7, 11) is 0. The Hall–Kier alpha value is -0.970. The van der Waals surface area contributed by atoms with Crippen LogP contribution in [0.2, 0.25) is 0 Å². The molecule has 2 nitrogen and oxygen atoms in total. The van der Waals surface area contributed by atoms with Gasteiger partial charge in [0, 0.05) is 11.3 Å². The van der Waals surface area contributed by atoms with E-state index in [1.807, 2.05) is 24.4 Å². The van der Waals surface area contributed by atoms with E-state index < -0.39 is 0 Å². The van der Waals surface area contributed by atoms with Gasteiger partial charge in [-0.2, -0.15) is 0 Å². The van der Waals surface area contributed by atoms with Crippen molar-refractivity contribution in [3.05, 3.63) is 45.1 Å². The molecule has 0 unspecified atom stereocenters. The summed E-state index contributed by atoms with van der Waals surface area (Å²) < 4.78 is 4.85. The van der Waals surface area contributed by atoms with Gasteiger partial charge < -0.3 is 4.29 Å². The molecular weight excluding hydrogens is 288 g/mol. The van der Waals surface area contributed by atoms with Crippen molar-refractivity contribution < 1.29 is 9.08 Å². The van der Waals surface area contributed by atoms with E-state index in [0.29, 0.717) is 5.75 Å². The van der Waals surface area contributed by atoms with Crippen molar-refractivity contribution in [2.45, 2.75) is 17.6 Å². The van der Waals surface area contributed by atoms with Crippen molar-refractivity contribution in [2.24, 2.45) is 0 Å². The number of benzene rings is 1. The third-order valence-corrected chi connectivity index (χ3v) is 5.24. The SMILES string of the molecule is Cc1ccc(OCl)c2c1C(=O)c1sccc1CS2. The third kappa shape index (κ3) is 1.76. The summed E-state index contributed by atoms with van der Waals surface area (Å²) in [6.45, 7) is 1.94. The van der Waals surface area contributed by atoms with E-state index in [4.69, 9.17) is 16.2 Å². The van der Waals surface area contributed by atoms with E-state index in [0.717, 1.165) is 32.2 Å². The maximum atomic E-state index is 12.6. The molecule has 1 aliphatic heterocycles. The first-order chi connectivity index (χ1) is 8.72. The first kappa shape index (κ1) is 12.1. The monoisotopic (exact) mass is 296 g/mol. The number of carbonyl (C=O) groups is 1. The van der Waals surface area contributed by atoms with Crippen LogP contribution in [-0.4, -0.2) is 5.78 Å². The Morgan fingerprint density at radius 1 is 1.33 bits per heavy atom. The van der Waals surface area contributed by atoms with Crippen LogP contribution in [0.25, 0.3) is 0 Å². The molecule has 1 aromatic heterocycles. The summed E-state index contributed by atoms with van der Waals surface area (Å²) in [6, 6.07) is 5.68. The molecule has 92 valence electrons. The lowest BCUT2D eigenvalue weighted by molar-refractivity contribution is 0.103. The molecule has 2 aromatic rings. The van der Waals surface area contributed by atoms with E-state index in [9.17, 15) is 4.79 Å². The zero-order valence-electron chi connectivity index (χ0n) is 9.53. The minimum Gasteiger partial charge on any atom is -0.384 e. The molecule has 0 saturated carbocycles. The highest BCUT2D eigenvalue weighted by molar-refractivity contribution is 7.98. The average Bonchev–Trinajstić information content (AvgIpc) is 2.79. The Morgan fingerprint density at radius 2 is 2.17 bits per heavy atom. The molecule has 0 spiro atoms. The largest absolute Gasteiger partial charge is 0.384 e. The van der Waals surface area contributed by atoms with Gasteiger partial charge in [0.1, 0.15) is 11.9 Å². The van der Waals surface area contributed by atoms with Crippen molar-refractivity contribution in [2.75, 3.05) is 0 Å². The predicted molar refractivity (Wildman–Crippen MR) is 75.0 cm³/mol. The highest BCUT2D eigenvalue weighted by Crippen LogP contribution is 2.42. The number of aryl methyl sites for hydroxylation is 1. The van der Waals surface area contributed by atoms with Gasteiger partial charge in [0.2, 0.25) is 5.78 Å². The van der Waals surface area contributed by atoms with Crippen LogP contribution in [0, 0.1) is 6.92 Å². The zero-order chi connectivity index (χ0) is 12.7. The first-order valence-electron chi connectivity index (χ1n) is 5.38. The van der Waals surface area contributed by atoms with Crippen LogP contribution >= 0.6 is 35.0 Å². The number of fused-ring (bicyclic) bond motifs is 2. The molecule has 5 heteroatoms. The standard InChI is InChI=1S/C13H9ClO2S2/c1-7-2-3-9(16-14)13-10(7)11(15)12-8(6-18-13)4-5-17-12/h2-5H,6H2,1H3. The quantitative estimate of drug-likeness (QED) is 0.779. The third-order valence-electron chi connectivity index (χ3n) is 2.97. The van der Waals surface area contributed by atoms with Crippen molar-refractivity contribution in [1.82, 2.24) is 0 Å². The van der Waals surface area contributed by atoms with Crippen LogP contribution in [0.1, 0.15) is 26.4 Å². The average molecular weight is 297 g/mol. The number of thiophene rings is 1. The fourth-order valence-electron chi connectivity index (χ4n) is 2.06. The number of rotatable bonds is 1. The fourth-order valence-corrected chi connectivity index (χ4v) is 4.39. The Morgan fingerprint density at radius 3 is 2.94 bits per heavy atom. The molecule has 1 aromatic carbocycles. The van der Waals surface area contributed by atoms with Crippen molar-refractivity contribution in [3.63, 3.8) is 0 Å². The van der Waals surface area contributed by atoms with Crippen LogP contribution in [0.3, 0.4) is 0 Å². The lowest BCUT2D eigenvalue weighted by atomic mass is 10.0. The van der Waals surface area contributed by atoms with Crippen LogP contribution in [0.15, 0.2) is 28.5 Å². The minimum atomic E-state index is 0.0769. The summed E-state index contributed by atoms with van der Waals surface area (Å²) >= 11 is 8.58. The number of ketones is 1. The van der Waals surface area contributed by atoms with Crippen LogP contribution < -0.4 is 4.29 Å². The molecule has 0 atom stereocenters. The lowest BCUT2D eigenvalue weighted by Crippen LogP contribution is -2.04. The van der Waals surface area contributed by atoms with Crippen molar-refractivity contribution in [3.8, 4) is 5.75 Å². The maximum Gasteiger partial charge on any atom is 0.204 e. The Kier molecular flexibility index (Phi) is 3.09. The Labute approximate surface area is 118 Å². The van der Waals surface area contributed by atoms with Gasteiger partial charge in [-0.1, -0.05) is 6.07 Å². The van der Waals surface area contributed by atoms with Gasteiger partial charge >= 0.3 is 0 Å². The molecule has 0 bridgehead atoms. The molecule has 0 fully saturated rings. The second-order valence-corrected chi connectivity index (χ2v) is 6.11. The van der Waals surface area contributed by atoms with Gasteiger partial charge in [-0.15, -0.1) is 23.1 Å². The number of carbonyl (C=O) groups excluding carboxylic acids is 1. The molecule has 18 heavy (non-hydrogen) atoms. The van der Waals surface area contributed by atoms with Crippen LogP contribution in [0.4, 0.5) is 0 Å². The summed E-state index contributed by atoms with van der Waals surface area (Å²) in [6.07, 6.45) is 0. The van der Waals surface area contributed by atoms with Gasteiger partial charge in [0.05, 0.1) is 9.77 Å². The number of hydrogen-bond donors (Lipinski definition) is 0. The van der Waals surface area contributed by atoms with E-state index in [1.54, 1.807) is 17.8 Å². The van der Waals surface area contributed by atoms with E-state index in [-0.39, 0.29) is 5.78 Å². The zero-order valence-corrected chi connectivity index (χ0v) is 11.9. The second kappa shape index (κ2) is 4.61. The smallest absolute Gasteiger partial charge is 0.204 e. The molecule has 0 radical (unpaired) electrons. The Balaban J connectivity index is 2.26. The summed E-state index contributed by atoms with van der Waals surface area (Å²) in [4.78, 5) is 14.3. The topological polar surface area (TPSA) is 26.3 Å². The normalized spacial score (nSPS) is 13.8. The van der Waals surface area contributed by atoms with Crippen molar-refractivity contribution in [1.29, 1.82) is 0 Å². The number of hydrogen-bond acceptors (Lipinski definition) is 4. The molecule has 2 heterocycles. The maximum absolute atomic E-state index is 12.6. The highest BCUT2D eigenvalue weighted by atomic mass is 35.5. The summed E-state index contributed by atoms with van der Waals surface area (Å²) in [5.74, 6) is 1.41. The highest BCUT2D eigenvalue weighted by Gasteiger charge is 2.26. The van der Waals surface area contributed by atoms with Gasteiger partial charge in [-0.25, -0.2) is 0 Å². The molecular formula is C13H9ClO2S2. The van der Waals surface area contributed by atoms with Gasteiger partial charge in [-0.3, -0.25) is 4.79 Å². The van der Waals surface area contributed by atoms with Gasteiger partial charge in [0.15, 0.2) is 5.75 Å². The number of halogens is 1. The van der Waals surface area contributed by atoms with E-state index >= 15 is 0 Å². The first-order valence-corrected chi connectivity index (χ1v) is 7.56. The summed E-state index contributed by atoms with van der Waals surface area (Å²) in [5, 5.41) is 1.96. The van der Waals surface area contributed by atoms with Crippen molar-refractivity contribution >= 4 is 40.7 Å². The van der Waals surface area contributed by atoms with Gasteiger partial charge in [-0.05, 0) is 35.6 Å². The fraction of sp³-hybridized carbons (Fsp3) is 0.154. The van der Waals surface area contributed by atoms with Crippen LogP contribution in [-0.2, 0) is 5.75 Å². The van der Waals surface area contributed by atoms with E-state index in [1.165, 1.54) is 11.3 Å².